The number of carbonyl (C=O) groups excluding carboxylic acids is 1. The van der Waals surface area contributed by atoms with Crippen molar-refractivity contribution in [2.45, 2.75) is 6.42 Å². The highest BCUT2D eigenvalue weighted by molar-refractivity contribution is 7.89. The molecule has 17 heavy (non-hydrogen) atoms. The maximum atomic E-state index is 11.7. The molecule has 1 amide bonds. The fraction of sp³-hybridized carbons (Fsp3) is 0.600. The molecule has 92 valence electrons. The van der Waals surface area contributed by atoms with E-state index in [1.165, 1.54) is 0 Å². The van der Waals surface area contributed by atoms with E-state index in [9.17, 15) is 13.2 Å². The zero-order valence-corrected chi connectivity index (χ0v) is 10.1. The van der Waals surface area contributed by atoms with Crippen LogP contribution in [-0.4, -0.2) is 55.5 Å². The van der Waals surface area contributed by atoms with E-state index >= 15 is 0 Å². The average molecular weight is 255 g/mol. The Morgan fingerprint density at radius 3 is 2.65 bits per heavy atom. The molecule has 1 aliphatic rings. The zero-order valence-electron chi connectivity index (χ0n) is 9.29. The van der Waals surface area contributed by atoms with E-state index in [1.807, 2.05) is 6.07 Å². The molecule has 7 heteroatoms. The number of nitriles is 1. The first kappa shape index (κ1) is 13.5. The summed E-state index contributed by atoms with van der Waals surface area (Å²) >= 11 is 0. The second-order valence-electron chi connectivity index (χ2n) is 3.62. The van der Waals surface area contributed by atoms with Crippen LogP contribution < -0.4 is 0 Å². The van der Waals surface area contributed by atoms with Crippen LogP contribution in [0.2, 0.25) is 0 Å². The van der Waals surface area contributed by atoms with E-state index in [1.54, 1.807) is 0 Å². The summed E-state index contributed by atoms with van der Waals surface area (Å²) in [6.45, 7) is 0.00736. The Hall–Kier alpha value is -1.57. The third-order valence-electron chi connectivity index (χ3n) is 2.41. The van der Waals surface area contributed by atoms with Gasteiger partial charge in [0.2, 0.25) is 15.9 Å². The molecule has 0 atom stereocenters. The fourth-order valence-corrected chi connectivity index (χ4v) is 3.01. The van der Waals surface area contributed by atoms with Gasteiger partial charge in [-0.1, -0.05) is 5.92 Å². The van der Waals surface area contributed by atoms with Gasteiger partial charge in [0.05, 0.1) is 24.9 Å². The molecule has 1 fully saturated rings. The topological polar surface area (TPSA) is 81.5 Å². The number of rotatable bonds is 4. The maximum Gasteiger partial charge on any atom is 0.239 e. The van der Waals surface area contributed by atoms with Gasteiger partial charge in [0.25, 0.3) is 0 Å². The highest BCUT2D eigenvalue weighted by atomic mass is 32.2. The second-order valence-corrected chi connectivity index (χ2v) is 5.70. The van der Waals surface area contributed by atoms with Gasteiger partial charge in [-0.3, -0.25) is 4.79 Å². The van der Waals surface area contributed by atoms with Crippen molar-refractivity contribution < 1.29 is 13.2 Å². The Labute approximate surface area is 101 Å². The van der Waals surface area contributed by atoms with Crippen LogP contribution in [0.4, 0.5) is 0 Å². The Morgan fingerprint density at radius 1 is 1.47 bits per heavy atom. The van der Waals surface area contributed by atoms with Gasteiger partial charge in [-0.05, 0) is 6.42 Å². The molecule has 0 aliphatic carbocycles. The number of carbonyl (C=O) groups is 1. The minimum Gasteiger partial charge on any atom is -0.317 e. The predicted molar refractivity (Wildman–Crippen MR) is 61.0 cm³/mol. The van der Waals surface area contributed by atoms with Gasteiger partial charge < -0.3 is 4.90 Å². The molecule has 1 rings (SSSR count). The summed E-state index contributed by atoms with van der Waals surface area (Å²) in [7, 11) is -3.29. The van der Waals surface area contributed by atoms with E-state index in [0.29, 0.717) is 13.0 Å². The molecule has 0 radical (unpaired) electrons. The van der Waals surface area contributed by atoms with Gasteiger partial charge in [0.1, 0.15) is 6.54 Å². The van der Waals surface area contributed by atoms with Crippen molar-refractivity contribution in [3.05, 3.63) is 0 Å². The summed E-state index contributed by atoms with van der Waals surface area (Å²) in [6.07, 6.45) is 5.60. The van der Waals surface area contributed by atoms with E-state index in [0.717, 1.165) is 9.21 Å². The van der Waals surface area contributed by atoms with E-state index < -0.39 is 15.9 Å². The summed E-state index contributed by atoms with van der Waals surface area (Å²) < 4.78 is 24.1. The molecular formula is C10H13N3O3S. The van der Waals surface area contributed by atoms with Crippen LogP contribution in [0, 0.1) is 23.7 Å². The van der Waals surface area contributed by atoms with Gasteiger partial charge in [-0.2, -0.15) is 9.57 Å². The minimum atomic E-state index is -3.29. The predicted octanol–water partition coefficient (Wildman–Crippen LogP) is -0.993. The molecule has 0 spiro atoms. The Kier molecular flexibility index (Phi) is 4.50. The van der Waals surface area contributed by atoms with Gasteiger partial charge in [-0.25, -0.2) is 8.42 Å². The number of nitrogens with zero attached hydrogens (tertiary/aromatic N) is 3. The molecular weight excluding hydrogens is 242 g/mol. The molecule has 0 aromatic rings. The normalized spacial score (nSPS) is 18.2. The lowest BCUT2D eigenvalue weighted by Gasteiger charge is -2.20. The summed E-state index contributed by atoms with van der Waals surface area (Å²) in [5, 5.41) is 8.53. The third kappa shape index (κ3) is 3.45. The summed E-state index contributed by atoms with van der Waals surface area (Å²) in [5.74, 6) is 1.91. The molecule has 0 aromatic carbocycles. The van der Waals surface area contributed by atoms with Crippen LogP contribution in [0.15, 0.2) is 0 Å². The quantitative estimate of drug-likeness (QED) is 0.477. The minimum absolute atomic E-state index is 0.0142. The van der Waals surface area contributed by atoms with Crippen LogP contribution in [0.25, 0.3) is 0 Å². The van der Waals surface area contributed by atoms with Gasteiger partial charge >= 0.3 is 0 Å². The highest BCUT2D eigenvalue weighted by Gasteiger charge is 2.30. The Balaban J connectivity index is 2.65. The number of terminal acetylenes is 1. The number of hydrogen-bond acceptors (Lipinski definition) is 4. The van der Waals surface area contributed by atoms with Gasteiger partial charge in [0.15, 0.2) is 0 Å². The van der Waals surface area contributed by atoms with Crippen molar-refractivity contribution in [3.63, 3.8) is 0 Å². The molecule has 1 aliphatic heterocycles. The fourth-order valence-electron chi connectivity index (χ4n) is 1.55. The van der Waals surface area contributed by atoms with Crippen LogP contribution in [0.3, 0.4) is 0 Å². The molecule has 0 N–H and O–H groups in total. The van der Waals surface area contributed by atoms with Crippen LogP contribution in [0.1, 0.15) is 6.42 Å². The highest BCUT2D eigenvalue weighted by Crippen LogP contribution is 2.12. The van der Waals surface area contributed by atoms with Crippen molar-refractivity contribution in [2.24, 2.45) is 0 Å². The average Bonchev–Trinajstić information content (AvgIpc) is 2.58. The maximum absolute atomic E-state index is 11.7. The van der Waals surface area contributed by atoms with Gasteiger partial charge in [-0.15, -0.1) is 6.42 Å². The first-order valence-electron chi connectivity index (χ1n) is 5.07. The molecule has 0 bridgehead atoms. The summed E-state index contributed by atoms with van der Waals surface area (Å²) in [5.41, 5.74) is 0. The first-order chi connectivity index (χ1) is 8.01. The van der Waals surface area contributed by atoms with Crippen molar-refractivity contribution >= 4 is 15.9 Å². The molecule has 6 nitrogen and oxygen atoms in total. The third-order valence-corrected chi connectivity index (χ3v) is 4.31. The van der Waals surface area contributed by atoms with Crippen molar-refractivity contribution in [3.8, 4) is 18.4 Å². The van der Waals surface area contributed by atoms with E-state index in [4.69, 9.17) is 11.7 Å². The van der Waals surface area contributed by atoms with E-state index in [-0.39, 0.29) is 25.4 Å². The molecule has 1 heterocycles. The molecule has 0 saturated carbocycles. The number of hydrogen-bond donors (Lipinski definition) is 0. The first-order valence-corrected chi connectivity index (χ1v) is 6.68. The van der Waals surface area contributed by atoms with Crippen molar-refractivity contribution in [1.82, 2.24) is 9.21 Å². The number of amides is 1. The summed E-state index contributed by atoms with van der Waals surface area (Å²) in [4.78, 5) is 12.9. The SMILES string of the molecule is C#CCN(CC#N)C(=O)CN1CCCS1(=O)=O. The lowest BCUT2D eigenvalue weighted by molar-refractivity contribution is -0.130. The molecule has 0 aromatic heterocycles. The van der Waals surface area contributed by atoms with Crippen molar-refractivity contribution in [2.75, 3.05) is 31.9 Å². The lowest BCUT2D eigenvalue weighted by Crippen LogP contribution is -2.41. The van der Waals surface area contributed by atoms with Crippen molar-refractivity contribution in [1.29, 1.82) is 5.26 Å². The lowest BCUT2D eigenvalue weighted by atomic mass is 10.4. The molecule has 1 saturated heterocycles. The standard InChI is InChI=1S/C10H13N3O3S/c1-2-5-12(7-4-11)10(14)9-13-6-3-8-17(13,15)16/h1H,3,5-9H2. The Morgan fingerprint density at radius 2 is 2.18 bits per heavy atom. The second kappa shape index (κ2) is 5.67. The monoisotopic (exact) mass is 255 g/mol. The van der Waals surface area contributed by atoms with Crippen LogP contribution >= 0.6 is 0 Å². The number of sulfonamides is 1. The largest absolute Gasteiger partial charge is 0.317 e. The van der Waals surface area contributed by atoms with Crippen LogP contribution in [0.5, 0.6) is 0 Å². The Bertz CT molecular complexity index is 456. The van der Waals surface area contributed by atoms with E-state index in [2.05, 4.69) is 5.92 Å². The zero-order chi connectivity index (χ0) is 12.9. The summed E-state index contributed by atoms with van der Waals surface area (Å²) in [6, 6.07) is 1.82. The van der Waals surface area contributed by atoms with Crippen LogP contribution in [-0.2, 0) is 14.8 Å². The smallest absolute Gasteiger partial charge is 0.239 e. The van der Waals surface area contributed by atoms with Gasteiger partial charge in [0, 0.05) is 6.54 Å². The molecule has 0 unspecified atom stereocenters.